The van der Waals surface area contributed by atoms with Gasteiger partial charge in [0, 0.05) is 11.8 Å². The molecule has 10 nitrogen and oxygen atoms in total. The Labute approximate surface area is 170 Å². The number of amides is 1. The molecule has 4 aromatic rings. The van der Waals surface area contributed by atoms with Gasteiger partial charge in [-0.2, -0.15) is 4.68 Å². The maximum atomic E-state index is 12.8. The lowest BCUT2D eigenvalue weighted by Gasteiger charge is -2.08. The number of methoxy groups -OCH3 is 2. The minimum Gasteiger partial charge on any atom is -0.497 e. The summed E-state index contributed by atoms with van der Waals surface area (Å²) < 4.78 is 12.9. The third-order valence-corrected chi connectivity index (χ3v) is 4.42. The number of carbonyl (C=O) groups is 1. The van der Waals surface area contributed by atoms with E-state index in [1.54, 1.807) is 62.8 Å². The molecule has 10 heteroatoms. The van der Waals surface area contributed by atoms with Crippen molar-refractivity contribution in [2.75, 3.05) is 19.5 Å². The largest absolute Gasteiger partial charge is 0.497 e. The number of fused-ring (bicyclic) bond motifs is 1. The van der Waals surface area contributed by atoms with Crippen molar-refractivity contribution < 1.29 is 14.3 Å². The third-order valence-electron chi connectivity index (χ3n) is 4.42. The fourth-order valence-corrected chi connectivity index (χ4v) is 2.90. The summed E-state index contributed by atoms with van der Waals surface area (Å²) in [4.78, 5) is 29.4. The van der Waals surface area contributed by atoms with Gasteiger partial charge >= 0.3 is 0 Å². The van der Waals surface area contributed by atoms with Crippen LogP contribution >= 0.6 is 0 Å². The lowest BCUT2D eigenvalue weighted by Crippen LogP contribution is -2.28. The SMILES string of the molecule is COc1ccc(NC(=O)Cn2cnc3c(nnn3-c3cccc(OC)c3)c2=O)cc1. The van der Waals surface area contributed by atoms with Gasteiger partial charge in [-0.3, -0.25) is 14.2 Å². The average molecular weight is 406 g/mol. The van der Waals surface area contributed by atoms with Crippen LogP contribution in [0.15, 0.2) is 59.7 Å². The normalized spacial score (nSPS) is 10.7. The number of ether oxygens (including phenoxy) is 2. The average Bonchev–Trinajstić information content (AvgIpc) is 3.21. The maximum absolute atomic E-state index is 12.8. The minimum absolute atomic E-state index is 0.0672. The van der Waals surface area contributed by atoms with E-state index in [4.69, 9.17) is 9.47 Å². The highest BCUT2D eigenvalue weighted by atomic mass is 16.5. The molecule has 0 fully saturated rings. The molecule has 0 saturated heterocycles. The molecule has 30 heavy (non-hydrogen) atoms. The van der Waals surface area contributed by atoms with Crippen LogP contribution in [0.2, 0.25) is 0 Å². The van der Waals surface area contributed by atoms with Gasteiger partial charge in [-0.05, 0) is 36.4 Å². The van der Waals surface area contributed by atoms with E-state index < -0.39 is 5.56 Å². The topological polar surface area (TPSA) is 113 Å². The molecule has 0 atom stereocenters. The van der Waals surface area contributed by atoms with Gasteiger partial charge in [0.2, 0.25) is 5.91 Å². The van der Waals surface area contributed by atoms with Gasteiger partial charge in [0.15, 0.2) is 11.2 Å². The Kier molecular flexibility index (Phi) is 5.12. The molecule has 1 amide bonds. The Hall–Kier alpha value is -4.21. The molecular formula is C20H18N6O4. The molecule has 0 bridgehead atoms. The van der Waals surface area contributed by atoms with Crippen LogP contribution in [0.3, 0.4) is 0 Å². The van der Waals surface area contributed by atoms with Gasteiger partial charge in [-0.25, -0.2) is 4.98 Å². The van der Waals surface area contributed by atoms with Gasteiger partial charge in [0.05, 0.1) is 19.9 Å². The van der Waals surface area contributed by atoms with Crippen molar-refractivity contribution in [3.63, 3.8) is 0 Å². The second kappa shape index (κ2) is 8.03. The first-order valence-corrected chi connectivity index (χ1v) is 8.98. The molecule has 152 valence electrons. The molecule has 2 aromatic heterocycles. The Balaban J connectivity index is 1.57. The van der Waals surface area contributed by atoms with Crippen molar-refractivity contribution >= 4 is 22.8 Å². The van der Waals surface area contributed by atoms with Crippen molar-refractivity contribution in [1.29, 1.82) is 0 Å². The number of carbonyl (C=O) groups excluding carboxylic acids is 1. The van der Waals surface area contributed by atoms with Crippen molar-refractivity contribution in [2.24, 2.45) is 0 Å². The van der Waals surface area contributed by atoms with Crippen LogP contribution in [0, 0.1) is 0 Å². The zero-order valence-corrected chi connectivity index (χ0v) is 16.3. The molecule has 0 saturated carbocycles. The number of nitrogens with one attached hydrogen (secondary N) is 1. The Morgan fingerprint density at radius 3 is 2.57 bits per heavy atom. The molecule has 0 radical (unpaired) electrons. The van der Waals surface area contributed by atoms with Gasteiger partial charge in [0.25, 0.3) is 5.56 Å². The lowest BCUT2D eigenvalue weighted by molar-refractivity contribution is -0.116. The Morgan fingerprint density at radius 2 is 1.83 bits per heavy atom. The standard InChI is InChI=1S/C20H18N6O4/c1-29-15-8-6-13(7-9-15)22-17(27)11-25-12-21-19-18(20(25)28)23-24-26(19)14-4-3-5-16(10-14)30-2/h3-10,12H,11H2,1-2H3,(H,22,27). The Morgan fingerprint density at radius 1 is 1.07 bits per heavy atom. The van der Waals surface area contributed by atoms with E-state index in [1.165, 1.54) is 15.6 Å². The van der Waals surface area contributed by atoms with E-state index in [-0.39, 0.29) is 18.0 Å². The number of benzene rings is 2. The molecule has 0 aliphatic carbocycles. The van der Waals surface area contributed by atoms with E-state index in [9.17, 15) is 9.59 Å². The van der Waals surface area contributed by atoms with Crippen molar-refractivity contribution in [3.05, 3.63) is 65.2 Å². The molecule has 0 aliphatic rings. The quantitative estimate of drug-likeness (QED) is 0.518. The van der Waals surface area contributed by atoms with E-state index in [0.717, 1.165) is 0 Å². The second-order valence-electron chi connectivity index (χ2n) is 6.33. The van der Waals surface area contributed by atoms with Crippen LogP contribution in [0.4, 0.5) is 5.69 Å². The lowest BCUT2D eigenvalue weighted by atomic mass is 10.3. The predicted octanol–water partition coefficient (Wildman–Crippen LogP) is 1.63. The maximum Gasteiger partial charge on any atom is 0.284 e. The molecule has 2 heterocycles. The fourth-order valence-electron chi connectivity index (χ4n) is 2.90. The summed E-state index contributed by atoms with van der Waals surface area (Å²) in [5, 5.41) is 10.7. The zero-order valence-electron chi connectivity index (χ0n) is 16.3. The Bertz CT molecular complexity index is 1260. The highest BCUT2D eigenvalue weighted by Crippen LogP contribution is 2.18. The zero-order chi connectivity index (χ0) is 21.1. The number of aromatic nitrogens is 5. The predicted molar refractivity (Wildman–Crippen MR) is 109 cm³/mol. The van der Waals surface area contributed by atoms with E-state index in [0.29, 0.717) is 28.5 Å². The first-order chi connectivity index (χ1) is 14.6. The summed E-state index contributed by atoms with van der Waals surface area (Å²) in [5.74, 6) is 0.946. The minimum atomic E-state index is -0.459. The first-order valence-electron chi connectivity index (χ1n) is 8.98. The number of anilines is 1. The third kappa shape index (κ3) is 3.70. The monoisotopic (exact) mass is 406 g/mol. The highest BCUT2D eigenvalue weighted by Gasteiger charge is 2.15. The van der Waals surface area contributed by atoms with Gasteiger partial charge in [-0.15, -0.1) is 5.10 Å². The number of hydrogen-bond acceptors (Lipinski definition) is 7. The highest BCUT2D eigenvalue weighted by molar-refractivity contribution is 5.90. The van der Waals surface area contributed by atoms with Crippen LogP contribution in [0.5, 0.6) is 11.5 Å². The molecule has 2 aromatic carbocycles. The number of rotatable bonds is 6. The van der Waals surface area contributed by atoms with Gasteiger partial charge in [0.1, 0.15) is 24.4 Å². The summed E-state index contributed by atoms with van der Waals surface area (Å²) in [5.41, 5.74) is 1.14. The second-order valence-corrected chi connectivity index (χ2v) is 6.33. The molecular weight excluding hydrogens is 388 g/mol. The summed E-state index contributed by atoms with van der Waals surface area (Å²) in [6, 6.07) is 14.0. The van der Waals surface area contributed by atoms with E-state index in [1.807, 2.05) is 0 Å². The molecule has 0 spiro atoms. The van der Waals surface area contributed by atoms with Crippen molar-refractivity contribution in [2.45, 2.75) is 6.54 Å². The van der Waals surface area contributed by atoms with Gasteiger partial charge < -0.3 is 14.8 Å². The van der Waals surface area contributed by atoms with Crippen LogP contribution in [0.25, 0.3) is 16.9 Å². The molecule has 0 aliphatic heterocycles. The summed E-state index contributed by atoms with van der Waals surface area (Å²) >= 11 is 0. The van der Waals surface area contributed by atoms with Crippen LogP contribution in [-0.2, 0) is 11.3 Å². The van der Waals surface area contributed by atoms with E-state index in [2.05, 4.69) is 20.6 Å². The molecule has 0 unspecified atom stereocenters. The number of hydrogen-bond donors (Lipinski definition) is 1. The number of nitrogens with zero attached hydrogens (tertiary/aromatic N) is 5. The van der Waals surface area contributed by atoms with Crippen LogP contribution in [0.1, 0.15) is 0 Å². The molecule has 1 N–H and O–H groups in total. The fraction of sp³-hybridized carbons (Fsp3) is 0.150. The van der Waals surface area contributed by atoms with Crippen LogP contribution in [-0.4, -0.2) is 44.7 Å². The first kappa shape index (κ1) is 19.1. The summed E-state index contributed by atoms with van der Waals surface area (Å²) in [6.07, 6.45) is 1.30. The van der Waals surface area contributed by atoms with Crippen molar-refractivity contribution in [3.8, 4) is 17.2 Å². The summed E-state index contributed by atoms with van der Waals surface area (Å²) in [6.45, 7) is -0.209. The molecule has 4 rings (SSSR count). The van der Waals surface area contributed by atoms with Crippen LogP contribution < -0.4 is 20.3 Å². The summed E-state index contributed by atoms with van der Waals surface area (Å²) in [7, 11) is 3.13. The van der Waals surface area contributed by atoms with Gasteiger partial charge in [-0.1, -0.05) is 11.3 Å². The van der Waals surface area contributed by atoms with E-state index >= 15 is 0 Å². The smallest absolute Gasteiger partial charge is 0.284 e. The van der Waals surface area contributed by atoms with Crippen molar-refractivity contribution in [1.82, 2.24) is 24.5 Å².